The van der Waals surface area contributed by atoms with E-state index in [9.17, 15) is 24.6 Å². The molecule has 1 amide bonds. The van der Waals surface area contributed by atoms with Crippen LogP contribution in [0.4, 0.5) is 0 Å². The van der Waals surface area contributed by atoms with Crippen molar-refractivity contribution in [3.8, 4) is 23.0 Å². The molecular formula is C32H39NO10. The van der Waals surface area contributed by atoms with Crippen molar-refractivity contribution in [1.29, 1.82) is 0 Å². The lowest BCUT2D eigenvalue weighted by Crippen LogP contribution is -2.34. The van der Waals surface area contributed by atoms with Gasteiger partial charge in [0.1, 0.15) is 22.8 Å². The number of phenolic OH excluding ortho intramolecular Hbond substituents is 2. The van der Waals surface area contributed by atoms with E-state index in [4.69, 9.17) is 23.7 Å². The largest absolute Gasteiger partial charge is 0.507 e. The number of ketones is 1. The number of ether oxygens (including phenoxy) is 5. The molecule has 0 radical (unpaired) electrons. The number of carbonyl (C=O) groups excluding carboxylic acids is 3. The van der Waals surface area contributed by atoms with E-state index >= 15 is 0 Å². The van der Waals surface area contributed by atoms with Gasteiger partial charge in [0.15, 0.2) is 17.8 Å². The van der Waals surface area contributed by atoms with Gasteiger partial charge >= 0.3 is 5.97 Å². The predicted octanol–water partition coefficient (Wildman–Crippen LogP) is 4.57. The number of carbonyl (C=O) groups is 3. The van der Waals surface area contributed by atoms with Crippen LogP contribution in [0.15, 0.2) is 30.3 Å². The first-order valence-electron chi connectivity index (χ1n) is 14.4. The number of nitrogens with one attached hydrogen (secondary N) is 1. The summed E-state index contributed by atoms with van der Waals surface area (Å²) in [6, 6.07) is 6.46. The third-order valence-corrected chi connectivity index (χ3v) is 7.58. The molecule has 2 aromatic carbocycles. The van der Waals surface area contributed by atoms with Gasteiger partial charge in [0, 0.05) is 45.0 Å². The van der Waals surface area contributed by atoms with Crippen molar-refractivity contribution in [1.82, 2.24) is 5.32 Å². The number of rotatable bonds is 8. The summed E-state index contributed by atoms with van der Waals surface area (Å²) in [7, 11) is 2.91. The molecule has 0 aromatic heterocycles. The molecule has 11 heteroatoms. The maximum absolute atomic E-state index is 13.5. The van der Waals surface area contributed by atoms with Gasteiger partial charge in [-0.3, -0.25) is 9.59 Å². The SMILES string of the molecule is COC(CNC(=O)CC(c1ccc2c(c1)OCO2)c1c(O)cc2c(c1O)C(=O)O[C@@H](C)CCCC(=O)CCC/C=C/2)OC. The van der Waals surface area contributed by atoms with Gasteiger partial charge < -0.3 is 39.2 Å². The molecule has 43 heavy (non-hydrogen) atoms. The Balaban J connectivity index is 1.77. The second-order valence-corrected chi connectivity index (χ2v) is 10.6. The second kappa shape index (κ2) is 14.9. The van der Waals surface area contributed by atoms with E-state index in [1.165, 1.54) is 20.3 Å². The molecule has 0 bridgehead atoms. The Bertz CT molecular complexity index is 1350. The fourth-order valence-corrected chi connectivity index (χ4v) is 5.25. The van der Waals surface area contributed by atoms with E-state index in [1.807, 2.05) is 0 Å². The maximum Gasteiger partial charge on any atom is 0.342 e. The van der Waals surface area contributed by atoms with Crippen molar-refractivity contribution in [2.24, 2.45) is 0 Å². The number of allylic oxidation sites excluding steroid dienone is 1. The zero-order chi connectivity index (χ0) is 30.9. The number of cyclic esters (lactones) is 1. The van der Waals surface area contributed by atoms with E-state index in [-0.39, 0.29) is 48.0 Å². The third-order valence-electron chi connectivity index (χ3n) is 7.58. The predicted molar refractivity (Wildman–Crippen MR) is 156 cm³/mol. The summed E-state index contributed by atoms with van der Waals surface area (Å²) in [6.07, 6.45) is 5.19. The lowest BCUT2D eigenvalue weighted by molar-refractivity contribution is -0.127. The molecule has 2 atom stereocenters. The summed E-state index contributed by atoms with van der Waals surface area (Å²) < 4.78 is 26.9. The van der Waals surface area contributed by atoms with Crippen LogP contribution in [0.3, 0.4) is 0 Å². The number of Topliss-reactive ketones (excluding diaryl/α,β-unsaturated/α-hetero) is 1. The Hall–Kier alpha value is -4.09. The van der Waals surface area contributed by atoms with E-state index in [0.29, 0.717) is 55.6 Å². The number of phenols is 2. The average Bonchev–Trinajstić information content (AvgIpc) is 3.44. The second-order valence-electron chi connectivity index (χ2n) is 10.6. The minimum Gasteiger partial charge on any atom is -0.507 e. The standard InChI is InChI=1S/C32H39NO10/c1-19-8-7-11-22(34)10-6-4-5-9-21-14-24(35)30(31(37)29(21)32(38)43-19)23(16-27(36)33-17-28(39-2)40-3)20-12-13-25-26(15-20)42-18-41-25/h5,9,12-15,19,23,28,35,37H,4,6-8,10-11,16-18H2,1-3H3,(H,33,36)/b9-5+/t19-,23?/m0/s1. The Morgan fingerprint density at radius 1 is 1.07 bits per heavy atom. The van der Waals surface area contributed by atoms with E-state index < -0.39 is 35.9 Å². The number of hydrogen-bond acceptors (Lipinski definition) is 10. The fourth-order valence-electron chi connectivity index (χ4n) is 5.25. The van der Waals surface area contributed by atoms with Gasteiger partial charge in [0.05, 0.1) is 12.6 Å². The van der Waals surface area contributed by atoms with Crippen molar-refractivity contribution in [3.05, 3.63) is 52.6 Å². The van der Waals surface area contributed by atoms with Gasteiger partial charge in [-0.05, 0) is 61.9 Å². The highest BCUT2D eigenvalue weighted by molar-refractivity contribution is 5.98. The van der Waals surface area contributed by atoms with E-state index in [0.717, 1.165) is 0 Å². The molecular weight excluding hydrogens is 558 g/mol. The van der Waals surface area contributed by atoms with Crippen LogP contribution in [-0.4, -0.2) is 67.8 Å². The van der Waals surface area contributed by atoms with Gasteiger partial charge in [-0.25, -0.2) is 4.79 Å². The van der Waals surface area contributed by atoms with E-state index in [1.54, 1.807) is 37.3 Å². The van der Waals surface area contributed by atoms with E-state index in [2.05, 4.69) is 5.32 Å². The van der Waals surface area contributed by atoms with Crippen LogP contribution in [0.25, 0.3) is 6.08 Å². The number of benzene rings is 2. The first-order chi connectivity index (χ1) is 20.7. The topological polar surface area (TPSA) is 150 Å². The highest BCUT2D eigenvalue weighted by atomic mass is 16.7. The first-order valence-corrected chi connectivity index (χ1v) is 14.4. The molecule has 232 valence electrons. The lowest BCUT2D eigenvalue weighted by Gasteiger charge is -2.23. The van der Waals surface area contributed by atoms with Gasteiger partial charge in [-0.15, -0.1) is 0 Å². The number of esters is 1. The molecule has 2 aliphatic rings. The number of methoxy groups -OCH3 is 2. The van der Waals surface area contributed by atoms with Crippen LogP contribution in [-0.2, 0) is 23.8 Å². The molecule has 0 aliphatic carbocycles. The lowest BCUT2D eigenvalue weighted by atomic mass is 9.84. The first kappa shape index (κ1) is 31.8. The van der Waals surface area contributed by atoms with Crippen LogP contribution in [0.2, 0.25) is 0 Å². The fraction of sp³-hybridized carbons (Fsp3) is 0.469. The van der Waals surface area contributed by atoms with Crippen molar-refractivity contribution in [2.75, 3.05) is 27.6 Å². The quantitative estimate of drug-likeness (QED) is 0.292. The summed E-state index contributed by atoms with van der Waals surface area (Å²) in [4.78, 5) is 38.8. The maximum atomic E-state index is 13.5. The van der Waals surface area contributed by atoms with Crippen LogP contribution in [0.5, 0.6) is 23.0 Å². The number of hydrogen-bond donors (Lipinski definition) is 3. The summed E-state index contributed by atoms with van der Waals surface area (Å²) in [5, 5.41) is 25.7. The minimum atomic E-state index is -0.892. The molecule has 0 saturated carbocycles. The molecule has 11 nitrogen and oxygen atoms in total. The molecule has 2 heterocycles. The molecule has 1 unspecified atom stereocenters. The molecule has 0 saturated heterocycles. The highest BCUT2D eigenvalue weighted by Crippen LogP contribution is 2.46. The van der Waals surface area contributed by atoms with Crippen molar-refractivity contribution < 1.29 is 48.3 Å². The molecule has 0 fully saturated rings. The Labute approximate surface area is 250 Å². The zero-order valence-electron chi connectivity index (χ0n) is 24.7. The number of amides is 1. The normalized spacial score (nSPS) is 18.8. The summed E-state index contributed by atoms with van der Waals surface area (Å²) in [6.45, 7) is 1.84. The van der Waals surface area contributed by atoms with Gasteiger partial charge in [-0.1, -0.05) is 18.2 Å². The molecule has 4 rings (SSSR count). The third kappa shape index (κ3) is 8.05. The molecule has 2 aliphatic heterocycles. The van der Waals surface area contributed by atoms with Gasteiger partial charge in [0.25, 0.3) is 0 Å². The van der Waals surface area contributed by atoms with Gasteiger partial charge in [-0.2, -0.15) is 0 Å². The van der Waals surface area contributed by atoms with Crippen LogP contribution >= 0.6 is 0 Å². The number of fused-ring (bicyclic) bond motifs is 2. The summed E-state index contributed by atoms with van der Waals surface area (Å²) in [5.74, 6) is -1.72. The average molecular weight is 598 g/mol. The summed E-state index contributed by atoms with van der Waals surface area (Å²) in [5.41, 5.74) is 0.681. The Kier molecular flexibility index (Phi) is 11.0. The molecule has 3 N–H and O–H groups in total. The Morgan fingerprint density at radius 3 is 2.58 bits per heavy atom. The smallest absolute Gasteiger partial charge is 0.342 e. The highest BCUT2D eigenvalue weighted by Gasteiger charge is 2.32. The van der Waals surface area contributed by atoms with Gasteiger partial charge in [0.2, 0.25) is 12.7 Å². The van der Waals surface area contributed by atoms with Crippen LogP contribution in [0, 0.1) is 0 Å². The monoisotopic (exact) mass is 597 g/mol. The van der Waals surface area contributed by atoms with Crippen molar-refractivity contribution in [2.45, 2.75) is 70.2 Å². The zero-order valence-corrected chi connectivity index (χ0v) is 24.7. The van der Waals surface area contributed by atoms with Crippen molar-refractivity contribution in [3.63, 3.8) is 0 Å². The van der Waals surface area contributed by atoms with Crippen molar-refractivity contribution >= 4 is 23.7 Å². The molecule has 2 aromatic rings. The van der Waals surface area contributed by atoms with Crippen LogP contribution < -0.4 is 14.8 Å². The van der Waals surface area contributed by atoms with Crippen LogP contribution in [0.1, 0.15) is 84.8 Å². The minimum absolute atomic E-state index is 0.00693. The molecule has 0 spiro atoms. The summed E-state index contributed by atoms with van der Waals surface area (Å²) >= 11 is 0. The number of aromatic hydroxyl groups is 2. The Morgan fingerprint density at radius 2 is 1.81 bits per heavy atom.